The SMILES string of the molecule is CCN(CC(N)=O)c1c(F)cc(CNC)cc1F. The number of halogens is 2. The van der Waals surface area contributed by atoms with Crippen molar-refractivity contribution in [1.82, 2.24) is 5.32 Å². The molecule has 1 aromatic carbocycles. The molecule has 18 heavy (non-hydrogen) atoms. The van der Waals surface area contributed by atoms with Gasteiger partial charge in [-0.15, -0.1) is 0 Å². The molecule has 0 heterocycles. The normalized spacial score (nSPS) is 10.4. The molecule has 100 valence electrons. The lowest BCUT2D eigenvalue weighted by Crippen LogP contribution is -2.34. The molecular weight excluding hydrogens is 240 g/mol. The summed E-state index contributed by atoms with van der Waals surface area (Å²) in [5.41, 5.74) is 5.34. The van der Waals surface area contributed by atoms with Crippen LogP contribution in [0.25, 0.3) is 0 Å². The Morgan fingerprint density at radius 1 is 1.39 bits per heavy atom. The molecule has 0 saturated heterocycles. The van der Waals surface area contributed by atoms with Crippen LogP contribution in [-0.2, 0) is 11.3 Å². The molecular formula is C12H17F2N3O. The number of nitrogens with one attached hydrogen (secondary N) is 1. The molecule has 0 atom stereocenters. The van der Waals surface area contributed by atoms with Crippen LogP contribution in [0.1, 0.15) is 12.5 Å². The van der Waals surface area contributed by atoms with E-state index in [1.54, 1.807) is 14.0 Å². The quantitative estimate of drug-likeness (QED) is 0.799. The molecule has 1 aromatic rings. The van der Waals surface area contributed by atoms with E-state index in [4.69, 9.17) is 5.73 Å². The summed E-state index contributed by atoms with van der Waals surface area (Å²) in [6.07, 6.45) is 0. The number of benzene rings is 1. The Morgan fingerprint density at radius 2 is 1.94 bits per heavy atom. The van der Waals surface area contributed by atoms with Crippen LogP contribution in [0.2, 0.25) is 0 Å². The molecule has 0 aliphatic heterocycles. The molecule has 0 aliphatic carbocycles. The predicted octanol–water partition coefficient (Wildman–Crippen LogP) is 0.996. The van der Waals surface area contributed by atoms with E-state index in [2.05, 4.69) is 5.32 Å². The second-order valence-corrected chi connectivity index (χ2v) is 3.92. The summed E-state index contributed by atoms with van der Waals surface area (Å²) < 4.78 is 27.7. The summed E-state index contributed by atoms with van der Waals surface area (Å²) in [5.74, 6) is -2.01. The first-order valence-corrected chi connectivity index (χ1v) is 5.65. The van der Waals surface area contributed by atoms with Crippen molar-refractivity contribution in [3.05, 3.63) is 29.3 Å². The van der Waals surface area contributed by atoms with Crippen LogP contribution in [-0.4, -0.2) is 26.0 Å². The molecule has 0 fully saturated rings. The van der Waals surface area contributed by atoms with Gasteiger partial charge in [0.15, 0.2) is 0 Å². The van der Waals surface area contributed by atoms with Gasteiger partial charge in [0, 0.05) is 13.1 Å². The zero-order valence-corrected chi connectivity index (χ0v) is 10.5. The van der Waals surface area contributed by atoms with Crippen LogP contribution in [0.5, 0.6) is 0 Å². The van der Waals surface area contributed by atoms with Crippen LogP contribution in [0.15, 0.2) is 12.1 Å². The molecule has 0 saturated carbocycles. The Labute approximate surface area is 105 Å². The summed E-state index contributed by atoms with van der Waals surface area (Å²) in [7, 11) is 1.69. The van der Waals surface area contributed by atoms with E-state index in [0.717, 1.165) is 0 Å². The van der Waals surface area contributed by atoms with Gasteiger partial charge in [-0.25, -0.2) is 8.78 Å². The minimum atomic E-state index is -0.691. The molecule has 0 aromatic heterocycles. The van der Waals surface area contributed by atoms with Gasteiger partial charge in [-0.1, -0.05) is 0 Å². The number of nitrogens with zero attached hydrogens (tertiary/aromatic N) is 1. The van der Waals surface area contributed by atoms with Gasteiger partial charge in [0.2, 0.25) is 5.91 Å². The second kappa shape index (κ2) is 6.30. The Morgan fingerprint density at radius 3 is 2.33 bits per heavy atom. The van der Waals surface area contributed by atoms with E-state index in [1.165, 1.54) is 17.0 Å². The lowest BCUT2D eigenvalue weighted by molar-refractivity contribution is -0.116. The van der Waals surface area contributed by atoms with Gasteiger partial charge in [-0.05, 0) is 31.7 Å². The van der Waals surface area contributed by atoms with Gasteiger partial charge in [0.1, 0.15) is 17.3 Å². The third-order valence-electron chi connectivity index (χ3n) is 2.50. The number of hydrogen-bond acceptors (Lipinski definition) is 3. The number of primary amides is 1. The Balaban J connectivity index is 3.11. The van der Waals surface area contributed by atoms with Crippen LogP contribution in [0.3, 0.4) is 0 Å². The van der Waals surface area contributed by atoms with Crippen LogP contribution in [0, 0.1) is 11.6 Å². The van der Waals surface area contributed by atoms with E-state index in [9.17, 15) is 13.6 Å². The monoisotopic (exact) mass is 257 g/mol. The van der Waals surface area contributed by atoms with Crippen LogP contribution >= 0.6 is 0 Å². The van der Waals surface area contributed by atoms with E-state index < -0.39 is 17.5 Å². The van der Waals surface area contributed by atoms with Crippen molar-refractivity contribution < 1.29 is 13.6 Å². The van der Waals surface area contributed by atoms with Crippen molar-refractivity contribution in [2.24, 2.45) is 5.73 Å². The number of anilines is 1. The summed E-state index contributed by atoms with van der Waals surface area (Å²) in [6, 6.07) is 2.50. The summed E-state index contributed by atoms with van der Waals surface area (Å²) >= 11 is 0. The summed E-state index contributed by atoms with van der Waals surface area (Å²) in [4.78, 5) is 12.1. The molecule has 0 radical (unpaired) electrons. The lowest BCUT2D eigenvalue weighted by Gasteiger charge is -2.22. The fraction of sp³-hybridized carbons (Fsp3) is 0.417. The average molecular weight is 257 g/mol. The lowest BCUT2D eigenvalue weighted by atomic mass is 10.1. The fourth-order valence-electron chi connectivity index (χ4n) is 1.76. The van der Waals surface area contributed by atoms with E-state index in [0.29, 0.717) is 18.7 Å². The molecule has 0 bridgehead atoms. The average Bonchev–Trinajstić information content (AvgIpc) is 2.26. The van der Waals surface area contributed by atoms with Crippen molar-refractivity contribution in [3.63, 3.8) is 0 Å². The maximum atomic E-state index is 13.9. The molecule has 0 aliphatic rings. The van der Waals surface area contributed by atoms with Crippen LogP contribution < -0.4 is 16.0 Å². The zero-order valence-electron chi connectivity index (χ0n) is 10.5. The maximum absolute atomic E-state index is 13.9. The van der Waals surface area contributed by atoms with Gasteiger partial charge in [0.05, 0.1) is 6.54 Å². The first kappa shape index (κ1) is 14.4. The largest absolute Gasteiger partial charge is 0.368 e. The van der Waals surface area contributed by atoms with Gasteiger partial charge in [-0.3, -0.25) is 4.79 Å². The van der Waals surface area contributed by atoms with Crippen molar-refractivity contribution >= 4 is 11.6 Å². The number of rotatable bonds is 6. The summed E-state index contributed by atoms with van der Waals surface area (Å²) in [5, 5.41) is 2.81. The van der Waals surface area contributed by atoms with E-state index in [-0.39, 0.29) is 12.2 Å². The molecule has 0 unspecified atom stereocenters. The first-order valence-electron chi connectivity index (χ1n) is 5.65. The van der Waals surface area contributed by atoms with Gasteiger partial charge >= 0.3 is 0 Å². The molecule has 1 amide bonds. The molecule has 3 N–H and O–H groups in total. The van der Waals surface area contributed by atoms with Gasteiger partial charge in [-0.2, -0.15) is 0 Å². The highest BCUT2D eigenvalue weighted by atomic mass is 19.1. The number of nitrogens with two attached hydrogens (primary N) is 1. The highest BCUT2D eigenvalue weighted by Crippen LogP contribution is 2.24. The standard InChI is InChI=1S/C12H17F2N3O/c1-3-17(7-11(15)18)12-9(13)4-8(6-16-2)5-10(12)14/h4-5,16H,3,6-7H2,1-2H3,(H2,15,18). The van der Waals surface area contributed by atoms with E-state index in [1.807, 2.05) is 0 Å². The van der Waals surface area contributed by atoms with E-state index >= 15 is 0 Å². The number of carbonyl (C=O) groups is 1. The minimum absolute atomic E-state index is 0.212. The maximum Gasteiger partial charge on any atom is 0.236 e. The second-order valence-electron chi connectivity index (χ2n) is 3.92. The number of amides is 1. The van der Waals surface area contributed by atoms with Crippen molar-refractivity contribution in [2.75, 3.05) is 25.0 Å². The zero-order chi connectivity index (χ0) is 13.7. The van der Waals surface area contributed by atoms with Crippen molar-refractivity contribution in [1.29, 1.82) is 0 Å². The van der Waals surface area contributed by atoms with Crippen LogP contribution in [0.4, 0.5) is 14.5 Å². The molecule has 6 heteroatoms. The highest BCUT2D eigenvalue weighted by Gasteiger charge is 2.18. The van der Waals surface area contributed by atoms with Crippen molar-refractivity contribution in [3.8, 4) is 0 Å². The Kier molecular flexibility index (Phi) is 5.03. The molecule has 0 spiro atoms. The highest BCUT2D eigenvalue weighted by molar-refractivity contribution is 5.79. The Bertz CT molecular complexity index is 414. The van der Waals surface area contributed by atoms with Gasteiger partial charge in [0.25, 0.3) is 0 Å². The smallest absolute Gasteiger partial charge is 0.236 e. The van der Waals surface area contributed by atoms with Crippen molar-refractivity contribution in [2.45, 2.75) is 13.5 Å². The third kappa shape index (κ3) is 3.40. The third-order valence-corrected chi connectivity index (χ3v) is 2.50. The molecule has 4 nitrogen and oxygen atoms in total. The van der Waals surface area contributed by atoms with Gasteiger partial charge < -0.3 is 16.0 Å². The first-order chi connectivity index (χ1) is 8.49. The number of carbonyl (C=O) groups excluding carboxylic acids is 1. The topological polar surface area (TPSA) is 58.4 Å². The minimum Gasteiger partial charge on any atom is -0.368 e. The fourth-order valence-corrected chi connectivity index (χ4v) is 1.76. The molecule has 1 rings (SSSR count). The predicted molar refractivity (Wildman–Crippen MR) is 66.2 cm³/mol. The summed E-state index contributed by atoms with van der Waals surface area (Å²) in [6.45, 7) is 2.15. The Hall–Kier alpha value is -1.69. The number of hydrogen-bond donors (Lipinski definition) is 2. The number of likely N-dealkylation sites (N-methyl/N-ethyl adjacent to an activating group) is 1.